The highest BCUT2D eigenvalue weighted by Crippen LogP contribution is 2.50. The Kier molecular flexibility index (Phi) is 8.22. The van der Waals surface area contributed by atoms with E-state index < -0.39 is 44.2 Å². The average Bonchev–Trinajstić information content (AvgIpc) is 2.98. The van der Waals surface area contributed by atoms with Crippen molar-refractivity contribution in [1.82, 2.24) is 0 Å². The van der Waals surface area contributed by atoms with Crippen LogP contribution in [0.1, 0.15) is 38.5 Å². The molecule has 1 aliphatic heterocycles. The van der Waals surface area contributed by atoms with Gasteiger partial charge in [-0.25, -0.2) is 0 Å². The Balaban J connectivity index is 1.46. The van der Waals surface area contributed by atoms with E-state index in [4.69, 9.17) is 16.5 Å². The lowest BCUT2D eigenvalue weighted by molar-refractivity contribution is 0.295. The van der Waals surface area contributed by atoms with E-state index in [1.807, 2.05) is 0 Å². The molecule has 1 saturated heterocycles. The summed E-state index contributed by atoms with van der Waals surface area (Å²) in [5, 5.41) is 4.76. The van der Waals surface area contributed by atoms with Gasteiger partial charge in [0.2, 0.25) is 0 Å². The van der Waals surface area contributed by atoms with Crippen molar-refractivity contribution in [2.75, 3.05) is 0 Å². The topological polar surface area (TPSA) is 36.9 Å². The molecule has 0 radical (unpaired) electrons. The van der Waals surface area contributed by atoms with Crippen LogP contribution in [0.2, 0.25) is 11.1 Å². The van der Waals surface area contributed by atoms with E-state index in [1.54, 1.807) is 0 Å². The molecule has 3 aliphatic rings. The van der Waals surface area contributed by atoms with Crippen LogP contribution in [0, 0.1) is 0 Å². The molecule has 2 atom stereocenters. The summed E-state index contributed by atoms with van der Waals surface area (Å²) in [5.41, 5.74) is 1.56. The molecule has 4 aromatic carbocycles. The molecule has 2 unspecified atom stereocenters. The predicted molar refractivity (Wildman–Crippen MR) is 178 cm³/mol. The van der Waals surface area contributed by atoms with Crippen LogP contribution < -0.4 is 20.7 Å². The van der Waals surface area contributed by atoms with Gasteiger partial charge in [0.05, 0.1) is 0 Å². The fourth-order valence-electron chi connectivity index (χ4n) is 6.92. The molecule has 210 valence electrons. The summed E-state index contributed by atoms with van der Waals surface area (Å²) in [6.45, 7) is 0. The fraction of sp³-hybridized carbons (Fsp3) is 0.250. The maximum absolute atomic E-state index is 8.14. The van der Waals surface area contributed by atoms with E-state index in [0.717, 1.165) is 26.6 Å². The van der Waals surface area contributed by atoms with Gasteiger partial charge in [0.15, 0.2) is 0 Å². The smallest absolute Gasteiger partial charge is 0.389 e. The first-order valence-electron chi connectivity index (χ1n) is 15.1. The molecule has 0 spiro atoms. The second-order valence-electron chi connectivity index (χ2n) is 11.7. The van der Waals surface area contributed by atoms with Crippen molar-refractivity contribution in [1.29, 1.82) is 0 Å². The average molecular weight is 627 g/mol. The summed E-state index contributed by atoms with van der Waals surface area (Å²) >= 11 is 0. The highest BCUT2D eigenvalue weighted by Gasteiger charge is 2.63. The van der Waals surface area contributed by atoms with E-state index in [1.165, 1.54) is 43.7 Å². The van der Waals surface area contributed by atoms with Crippen LogP contribution >= 0.6 is 0 Å². The zero-order valence-corrected chi connectivity index (χ0v) is 29.2. The van der Waals surface area contributed by atoms with E-state index in [-0.39, 0.29) is 0 Å². The molecule has 7 rings (SSSR count). The van der Waals surface area contributed by atoms with Crippen molar-refractivity contribution in [3.05, 3.63) is 121 Å². The number of rotatable bonds is 7. The number of hydrogen-bond acceptors (Lipinski definition) is 4. The monoisotopic (exact) mass is 626 g/mol. The van der Waals surface area contributed by atoms with Crippen molar-refractivity contribution >= 4 is 65.0 Å². The first-order valence-corrected chi connectivity index (χ1v) is 24.6. The van der Waals surface area contributed by atoms with Crippen LogP contribution in [0.15, 0.2) is 121 Å². The normalized spacial score (nSPS) is 25.6. The molecular weight excluding hydrogens is 589 g/mol. The Bertz CT molecular complexity index is 1350. The number of hydrogen-bond donors (Lipinski definition) is 0. The second kappa shape index (κ2) is 12.2. The molecule has 1 heterocycles. The minimum absolute atomic E-state index is 0.779. The van der Waals surface area contributed by atoms with E-state index in [0.29, 0.717) is 0 Å². The lowest BCUT2D eigenvalue weighted by Crippen LogP contribution is -2.80. The van der Waals surface area contributed by atoms with Gasteiger partial charge in [-0.05, 0) is 31.8 Å². The molecule has 2 aliphatic carbocycles. The quantitative estimate of drug-likeness (QED) is 0.296. The maximum atomic E-state index is 8.14. The summed E-state index contributed by atoms with van der Waals surface area (Å²) in [7, 11) is -11.4. The first-order chi connectivity index (χ1) is 20.3. The Hall–Kier alpha value is -2.20. The van der Waals surface area contributed by atoms with Crippen LogP contribution in [0.5, 0.6) is 0 Å². The molecular formula is C32H38O4Si5. The highest BCUT2D eigenvalue weighted by molar-refractivity contribution is 7.36. The van der Waals surface area contributed by atoms with Gasteiger partial charge in [-0.15, -0.1) is 0 Å². The van der Waals surface area contributed by atoms with Crippen LogP contribution in [0.25, 0.3) is 0 Å². The van der Waals surface area contributed by atoms with Gasteiger partial charge >= 0.3 is 25.9 Å². The summed E-state index contributed by atoms with van der Waals surface area (Å²) in [6, 6.07) is 43.3. The van der Waals surface area contributed by atoms with Crippen molar-refractivity contribution in [3.8, 4) is 0 Å². The summed E-state index contributed by atoms with van der Waals surface area (Å²) < 4.78 is 30.1. The van der Waals surface area contributed by atoms with Crippen LogP contribution in [-0.2, 0) is 16.5 Å². The Morgan fingerprint density at radius 3 is 1.54 bits per heavy atom. The van der Waals surface area contributed by atoms with Crippen molar-refractivity contribution in [2.45, 2.75) is 49.6 Å². The van der Waals surface area contributed by atoms with Gasteiger partial charge in [0.1, 0.15) is 8.31 Å². The molecule has 3 fully saturated rings. The Morgan fingerprint density at radius 1 is 0.610 bits per heavy atom. The minimum Gasteiger partial charge on any atom is -0.419 e. The summed E-state index contributed by atoms with van der Waals surface area (Å²) in [6.07, 6.45) is 8.01. The van der Waals surface area contributed by atoms with Gasteiger partial charge < -0.3 is 16.5 Å². The Labute approximate surface area is 251 Å². The summed E-state index contributed by atoms with van der Waals surface area (Å²) in [5.74, 6) is 0. The third-order valence-corrected chi connectivity index (χ3v) is 35.4. The fourth-order valence-corrected chi connectivity index (χ4v) is 40.1. The highest BCUT2D eigenvalue weighted by atomic mass is 29.3. The van der Waals surface area contributed by atoms with Gasteiger partial charge in [0, 0.05) is 0 Å². The van der Waals surface area contributed by atoms with Crippen molar-refractivity contribution in [3.63, 3.8) is 0 Å². The van der Waals surface area contributed by atoms with E-state index >= 15 is 0 Å². The van der Waals surface area contributed by atoms with Crippen LogP contribution in [0.3, 0.4) is 0 Å². The zero-order chi connectivity index (χ0) is 27.5. The Morgan fingerprint density at radius 2 is 1.07 bits per heavy atom. The third kappa shape index (κ3) is 5.28. The molecule has 4 nitrogen and oxygen atoms in total. The maximum Gasteiger partial charge on any atom is 0.389 e. The molecule has 0 N–H and O–H groups in total. The third-order valence-electron chi connectivity index (χ3n) is 9.37. The lowest BCUT2D eigenvalue weighted by atomic mass is 9.98. The van der Waals surface area contributed by atoms with Crippen molar-refractivity contribution < 1.29 is 16.5 Å². The van der Waals surface area contributed by atoms with Gasteiger partial charge in [-0.1, -0.05) is 160 Å². The molecule has 9 heteroatoms. The van der Waals surface area contributed by atoms with E-state index in [2.05, 4.69) is 121 Å². The lowest BCUT2D eigenvalue weighted by Gasteiger charge is -2.53. The van der Waals surface area contributed by atoms with Gasteiger partial charge in [-0.3, -0.25) is 0 Å². The largest absolute Gasteiger partial charge is 0.419 e. The summed E-state index contributed by atoms with van der Waals surface area (Å²) in [4.78, 5) is 0. The second-order valence-corrected chi connectivity index (χ2v) is 29.0. The minimum atomic E-state index is -3.28. The molecule has 0 aromatic heterocycles. The van der Waals surface area contributed by atoms with Crippen LogP contribution in [-0.4, -0.2) is 44.2 Å². The van der Waals surface area contributed by atoms with Crippen molar-refractivity contribution in [2.24, 2.45) is 0 Å². The molecule has 0 bridgehead atoms. The first kappa shape index (κ1) is 27.6. The molecule has 41 heavy (non-hydrogen) atoms. The van der Waals surface area contributed by atoms with Crippen LogP contribution in [0.4, 0.5) is 0 Å². The molecule has 4 aromatic rings. The van der Waals surface area contributed by atoms with Gasteiger partial charge in [0.25, 0.3) is 10.0 Å². The van der Waals surface area contributed by atoms with E-state index in [9.17, 15) is 0 Å². The zero-order valence-electron chi connectivity index (χ0n) is 23.4. The standard InChI is InChI=1S/C32H38O4Si5/c1-5-15-29(16-6-1)39-33-37-34-41(32-25-11-4-12-26-32,38(27-17-13-18-27)28-19-14-20-28)36-40(35-39,30-21-7-2-8-22-30)31-23-9-3-10-24-31/h1-12,15-16,21-28,38-39H,13-14,17-20,37H2. The predicted octanol–water partition coefficient (Wildman–Crippen LogP) is 3.21. The number of benzene rings is 4. The molecule has 2 saturated carbocycles. The van der Waals surface area contributed by atoms with Gasteiger partial charge in [-0.2, -0.15) is 0 Å². The molecule has 0 amide bonds. The SMILES string of the molecule is c1ccc([SiH]2O[SiH2]O[Si](c3ccccc3)([SiH](C3CCC3)C3CCC3)O[Si](c3ccccc3)(c3ccccc3)O2)cc1.